The maximum Gasteiger partial charge on any atom is 0.185 e. The van der Waals surface area contributed by atoms with Crippen molar-refractivity contribution in [3.8, 4) is 6.07 Å². The van der Waals surface area contributed by atoms with Crippen LogP contribution in [0.25, 0.3) is 17.2 Å². The minimum Gasteiger partial charge on any atom is -0.344 e. The van der Waals surface area contributed by atoms with Crippen LogP contribution in [0.3, 0.4) is 0 Å². The van der Waals surface area contributed by atoms with Gasteiger partial charge in [0.15, 0.2) is 21.3 Å². The Bertz CT molecular complexity index is 1290. The molecule has 0 fully saturated rings. The monoisotopic (exact) mass is 423 g/mol. The van der Waals surface area contributed by atoms with Crippen molar-refractivity contribution in [3.05, 3.63) is 52.7 Å². The predicted molar refractivity (Wildman–Crippen MR) is 116 cm³/mol. The first-order chi connectivity index (χ1) is 14.0. The number of nitrogens with zero attached hydrogens (tertiary/aromatic N) is 3. The molecule has 9 heteroatoms. The summed E-state index contributed by atoms with van der Waals surface area (Å²) >= 11 is 0. The van der Waals surface area contributed by atoms with Crippen molar-refractivity contribution < 1.29 is 13.2 Å². The van der Waals surface area contributed by atoms with Gasteiger partial charge in [-0.1, -0.05) is 32.9 Å². The van der Waals surface area contributed by atoms with E-state index in [1.54, 1.807) is 42.7 Å². The molecule has 0 aliphatic rings. The molecular formula is C21H21N5O3S. The van der Waals surface area contributed by atoms with E-state index in [0.29, 0.717) is 33.8 Å². The van der Waals surface area contributed by atoms with Crippen LogP contribution in [0.2, 0.25) is 0 Å². The molecule has 3 aromatic rings. The first-order valence-corrected chi connectivity index (χ1v) is 11.0. The molecule has 2 aromatic heterocycles. The Morgan fingerprint density at radius 1 is 1.23 bits per heavy atom. The van der Waals surface area contributed by atoms with Crippen LogP contribution >= 0.6 is 0 Å². The lowest BCUT2D eigenvalue weighted by atomic mass is 9.87. The largest absolute Gasteiger partial charge is 0.344 e. The molecular weight excluding hydrogens is 402 g/mol. The number of aromatic amines is 1. The number of H-pyrrole nitrogens is 1. The number of sulfone groups is 1. The zero-order valence-electron chi connectivity index (χ0n) is 17.0. The van der Waals surface area contributed by atoms with Crippen molar-refractivity contribution in [1.82, 2.24) is 15.0 Å². The molecule has 0 spiro atoms. The SMILES string of the molecule is CC(C)(C)C(=O)c1c[nH]c2ncc(Nc3ccc(/C=C(/C#N)S(C)(=O)=O)cc3)nc12. The second-order valence-corrected chi connectivity index (χ2v) is 9.86. The molecule has 1 aromatic carbocycles. The molecule has 0 saturated carbocycles. The molecule has 154 valence electrons. The van der Waals surface area contributed by atoms with Crippen molar-refractivity contribution in [2.24, 2.45) is 5.41 Å². The Kier molecular flexibility index (Phi) is 5.46. The van der Waals surface area contributed by atoms with Gasteiger partial charge in [-0.2, -0.15) is 5.26 Å². The van der Waals surface area contributed by atoms with E-state index in [0.717, 1.165) is 6.26 Å². The summed E-state index contributed by atoms with van der Waals surface area (Å²) in [5.41, 5.74) is 2.23. The van der Waals surface area contributed by atoms with Crippen LogP contribution < -0.4 is 5.32 Å². The van der Waals surface area contributed by atoms with Gasteiger partial charge in [0.1, 0.15) is 22.3 Å². The van der Waals surface area contributed by atoms with E-state index >= 15 is 0 Å². The van der Waals surface area contributed by atoms with Crippen LogP contribution in [-0.4, -0.2) is 35.4 Å². The molecule has 0 saturated heterocycles. The number of aromatic nitrogens is 3. The van der Waals surface area contributed by atoms with Crippen molar-refractivity contribution in [3.63, 3.8) is 0 Å². The van der Waals surface area contributed by atoms with Crippen molar-refractivity contribution in [2.75, 3.05) is 11.6 Å². The number of nitriles is 1. The Hall–Kier alpha value is -3.51. The molecule has 0 amide bonds. The Morgan fingerprint density at radius 3 is 2.47 bits per heavy atom. The molecule has 0 radical (unpaired) electrons. The minimum absolute atomic E-state index is 0.0319. The van der Waals surface area contributed by atoms with Gasteiger partial charge in [0.05, 0.1) is 11.8 Å². The third kappa shape index (κ3) is 4.55. The molecule has 8 nitrogen and oxygen atoms in total. The number of hydrogen-bond acceptors (Lipinski definition) is 7. The summed E-state index contributed by atoms with van der Waals surface area (Å²) in [6.45, 7) is 5.55. The van der Waals surface area contributed by atoms with Gasteiger partial charge in [-0.15, -0.1) is 0 Å². The van der Waals surface area contributed by atoms with Gasteiger partial charge >= 0.3 is 0 Å². The van der Waals surface area contributed by atoms with Gasteiger partial charge in [-0.3, -0.25) is 4.79 Å². The van der Waals surface area contributed by atoms with Crippen LogP contribution in [0.4, 0.5) is 11.5 Å². The van der Waals surface area contributed by atoms with Crippen LogP contribution in [0.1, 0.15) is 36.7 Å². The zero-order chi connectivity index (χ0) is 22.1. The van der Waals surface area contributed by atoms with Gasteiger partial charge in [0.2, 0.25) is 0 Å². The summed E-state index contributed by atoms with van der Waals surface area (Å²) in [5.74, 6) is 0.428. The normalized spacial score (nSPS) is 12.6. The number of nitrogens with one attached hydrogen (secondary N) is 2. The fraction of sp³-hybridized carbons (Fsp3) is 0.238. The van der Waals surface area contributed by atoms with Gasteiger partial charge < -0.3 is 10.3 Å². The number of carbonyl (C=O) groups is 1. The average molecular weight is 423 g/mol. The predicted octanol–water partition coefficient (Wildman–Crippen LogP) is 3.84. The Balaban J connectivity index is 1.87. The quantitative estimate of drug-likeness (QED) is 0.471. The lowest BCUT2D eigenvalue weighted by molar-refractivity contribution is 0.0860. The Morgan fingerprint density at radius 2 is 1.90 bits per heavy atom. The Labute approximate surface area is 174 Å². The highest BCUT2D eigenvalue weighted by Gasteiger charge is 2.26. The smallest absolute Gasteiger partial charge is 0.185 e. The highest BCUT2D eigenvalue weighted by molar-refractivity contribution is 7.95. The first-order valence-electron chi connectivity index (χ1n) is 9.07. The molecule has 30 heavy (non-hydrogen) atoms. The second-order valence-electron chi connectivity index (χ2n) is 7.87. The maximum atomic E-state index is 12.7. The number of rotatable bonds is 5. The van der Waals surface area contributed by atoms with E-state index in [-0.39, 0.29) is 10.7 Å². The fourth-order valence-corrected chi connectivity index (χ4v) is 3.23. The lowest BCUT2D eigenvalue weighted by Crippen LogP contribution is -2.20. The first kappa shape index (κ1) is 21.2. The number of anilines is 2. The molecule has 0 aliphatic heterocycles. The number of fused-ring (bicyclic) bond motifs is 1. The molecule has 2 heterocycles. The minimum atomic E-state index is -3.57. The standard InChI is InChI=1S/C21H21N5O3S/c1-21(2,3)19(27)16-11-23-20-18(16)26-17(12-24-20)25-14-7-5-13(6-8-14)9-15(10-22)30(4,28)29/h5-9,11-12H,1-4H3,(H,23,24)(H,25,26)/b15-9-. The third-order valence-electron chi connectivity index (χ3n) is 4.30. The summed E-state index contributed by atoms with van der Waals surface area (Å²) in [6, 6.07) is 8.52. The zero-order valence-corrected chi connectivity index (χ0v) is 17.8. The highest BCUT2D eigenvalue weighted by Crippen LogP contribution is 2.26. The van der Waals surface area contributed by atoms with Crippen molar-refractivity contribution in [1.29, 1.82) is 5.26 Å². The number of allylic oxidation sites excluding steroid dienone is 1. The van der Waals surface area contributed by atoms with Crippen LogP contribution in [0.15, 0.2) is 41.6 Å². The average Bonchev–Trinajstić information content (AvgIpc) is 3.08. The molecule has 0 aliphatic carbocycles. The number of carbonyl (C=O) groups excluding carboxylic acids is 1. The van der Waals surface area contributed by atoms with Crippen molar-refractivity contribution in [2.45, 2.75) is 20.8 Å². The van der Waals surface area contributed by atoms with E-state index in [4.69, 9.17) is 5.26 Å². The van der Waals surface area contributed by atoms with Gasteiger partial charge in [0, 0.05) is 23.6 Å². The number of Topliss-reactive ketones (excluding diaryl/α,β-unsaturated/α-hetero) is 1. The summed E-state index contributed by atoms with van der Waals surface area (Å²) in [7, 11) is -3.57. The summed E-state index contributed by atoms with van der Waals surface area (Å²) < 4.78 is 23.1. The van der Waals surface area contributed by atoms with Crippen molar-refractivity contribution >= 4 is 44.4 Å². The third-order valence-corrected chi connectivity index (χ3v) is 5.31. The van der Waals surface area contributed by atoms with Gasteiger partial charge in [0.25, 0.3) is 0 Å². The summed E-state index contributed by atoms with van der Waals surface area (Å²) in [4.78, 5) is 24.2. The van der Waals surface area contributed by atoms with E-state index in [1.807, 2.05) is 20.8 Å². The molecule has 3 rings (SSSR count). The molecule has 0 atom stereocenters. The number of ketones is 1. The topological polar surface area (TPSA) is 129 Å². The highest BCUT2D eigenvalue weighted by atomic mass is 32.2. The summed E-state index contributed by atoms with van der Waals surface area (Å²) in [6.07, 6.45) is 5.48. The number of benzene rings is 1. The number of hydrogen-bond donors (Lipinski definition) is 2. The van der Waals surface area contributed by atoms with E-state index in [2.05, 4.69) is 20.3 Å². The second kappa shape index (κ2) is 7.72. The molecule has 0 bridgehead atoms. The van der Waals surface area contributed by atoms with E-state index in [9.17, 15) is 13.2 Å². The van der Waals surface area contributed by atoms with Gasteiger partial charge in [-0.05, 0) is 23.8 Å². The molecule has 0 unspecified atom stereocenters. The van der Waals surface area contributed by atoms with Gasteiger partial charge in [-0.25, -0.2) is 18.4 Å². The maximum absolute atomic E-state index is 12.7. The molecule has 2 N–H and O–H groups in total. The van der Waals surface area contributed by atoms with Crippen LogP contribution in [-0.2, 0) is 9.84 Å². The lowest BCUT2D eigenvalue weighted by Gasteiger charge is -2.15. The van der Waals surface area contributed by atoms with Crippen LogP contribution in [0, 0.1) is 16.7 Å². The van der Waals surface area contributed by atoms with E-state index < -0.39 is 15.3 Å². The van der Waals surface area contributed by atoms with E-state index in [1.165, 1.54) is 6.08 Å². The van der Waals surface area contributed by atoms with Crippen LogP contribution in [0.5, 0.6) is 0 Å². The fourth-order valence-electron chi connectivity index (χ4n) is 2.71. The summed E-state index contributed by atoms with van der Waals surface area (Å²) in [5, 5.41) is 12.1.